The molecule has 1 aromatic rings. The number of unbranched alkanes of at least 4 members (excludes halogenated alkanes) is 2. The molecule has 0 heterocycles. The Bertz CT molecular complexity index is 680. The lowest BCUT2D eigenvalue weighted by atomic mass is 9.74. The molecule has 0 atom stereocenters. The van der Waals surface area contributed by atoms with Crippen LogP contribution in [0.15, 0.2) is 30.3 Å². The molecule has 4 nitrogen and oxygen atoms in total. The fraction of sp³-hybridized carbons (Fsp3) is 0.476. The van der Waals surface area contributed by atoms with Crippen LogP contribution < -0.4 is 0 Å². The van der Waals surface area contributed by atoms with Crippen molar-refractivity contribution >= 4 is 23.1 Å². The molecule has 0 bridgehead atoms. The predicted molar refractivity (Wildman–Crippen MR) is 96.8 cm³/mol. The Balaban J connectivity index is 1.99. The lowest BCUT2D eigenvalue weighted by Gasteiger charge is -2.27. The summed E-state index contributed by atoms with van der Waals surface area (Å²) in [5.74, 6) is -0.220. The number of hydrogen-bond donors (Lipinski definition) is 0. The summed E-state index contributed by atoms with van der Waals surface area (Å²) in [7, 11) is 0. The van der Waals surface area contributed by atoms with E-state index in [2.05, 4.69) is 6.92 Å². The maximum Gasteiger partial charge on any atom is 0.306 e. The minimum Gasteiger partial charge on any atom is -0.461 e. The zero-order valence-corrected chi connectivity index (χ0v) is 15.3. The van der Waals surface area contributed by atoms with E-state index in [4.69, 9.17) is 4.74 Å². The molecule has 1 aromatic carbocycles. The highest BCUT2D eigenvalue weighted by Crippen LogP contribution is 2.34. The van der Waals surface area contributed by atoms with E-state index < -0.39 is 5.41 Å². The van der Waals surface area contributed by atoms with E-state index >= 15 is 0 Å². The average Bonchev–Trinajstić information content (AvgIpc) is 2.56. The third-order valence-electron chi connectivity index (χ3n) is 4.43. The summed E-state index contributed by atoms with van der Waals surface area (Å²) >= 11 is 0. The van der Waals surface area contributed by atoms with Crippen molar-refractivity contribution in [3.8, 4) is 0 Å². The smallest absolute Gasteiger partial charge is 0.306 e. The highest BCUT2D eigenvalue weighted by atomic mass is 16.5. The normalized spacial score (nSPS) is 16.5. The Labute approximate surface area is 149 Å². The molecular weight excluding hydrogens is 316 g/mol. The highest BCUT2D eigenvalue weighted by molar-refractivity contribution is 6.30. The summed E-state index contributed by atoms with van der Waals surface area (Å²) < 4.78 is 5.26. The van der Waals surface area contributed by atoms with Crippen LogP contribution in [-0.2, 0) is 25.7 Å². The second-order valence-electron chi connectivity index (χ2n) is 7.23. The third-order valence-corrected chi connectivity index (χ3v) is 4.43. The van der Waals surface area contributed by atoms with E-state index in [9.17, 15) is 14.4 Å². The van der Waals surface area contributed by atoms with Gasteiger partial charge in [-0.2, -0.15) is 0 Å². The Morgan fingerprint density at radius 2 is 1.80 bits per heavy atom. The SMILES string of the molecule is CCCCCC(=O)OCc1ccc(C2=CC(=O)CC(C)(C)C2=O)cc1. The van der Waals surface area contributed by atoms with Crippen LogP contribution in [0, 0.1) is 5.41 Å². The first-order chi connectivity index (χ1) is 11.8. The van der Waals surface area contributed by atoms with Crippen LogP contribution in [0.5, 0.6) is 0 Å². The van der Waals surface area contributed by atoms with Gasteiger partial charge in [0.15, 0.2) is 11.6 Å². The predicted octanol–water partition coefficient (Wildman–Crippen LogP) is 4.26. The van der Waals surface area contributed by atoms with Crippen molar-refractivity contribution in [1.82, 2.24) is 0 Å². The van der Waals surface area contributed by atoms with Gasteiger partial charge in [-0.05, 0) is 23.6 Å². The van der Waals surface area contributed by atoms with Gasteiger partial charge in [-0.25, -0.2) is 0 Å². The van der Waals surface area contributed by atoms with Crippen LogP contribution in [-0.4, -0.2) is 17.5 Å². The topological polar surface area (TPSA) is 60.4 Å². The molecule has 0 fully saturated rings. The molecule has 4 heteroatoms. The average molecular weight is 342 g/mol. The van der Waals surface area contributed by atoms with Crippen LogP contribution in [0.3, 0.4) is 0 Å². The van der Waals surface area contributed by atoms with E-state index in [-0.39, 0.29) is 30.6 Å². The van der Waals surface area contributed by atoms with Gasteiger partial charge in [0.1, 0.15) is 6.61 Å². The van der Waals surface area contributed by atoms with Gasteiger partial charge in [-0.15, -0.1) is 0 Å². The van der Waals surface area contributed by atoms with Crippen molar-refractivity contribution in [1.29, 1.82) is 0 Å². The second kappa shape index (κ2) is 8.24. The number of carbonyl (C=O) groups excluding carboxylic acids is 3. The van der Waals surface area contributed by atoms with Crippen molar-refractivity contribution in [3.63, 3.8) is 0 Å². The van der Waals surface area contributed by atoms with Gasteiger partial charge in [0.25, 0.3) is 0 Å². The van der Waals surface area contributed by atoms with Gasteiger partial charge in [0.05, 0.1) is 0 Å². The molecule has 1 aliphatic rings. The monoisotopic (exact) mass is 342 g/mol. The van der Waals surface area contributed by atoms with Gasteiger partial charge in [-0.3, -0.25) is 14.4 Å². The fourth-order valence-corrected chi connectivity index (χ4v) is 2.91. The molecule has 0 unspecified atom stereocenters. The van der Waals surface area contributed by atoms with E-state index in [1.807, 2.05) is 12.1 Å². The molecule has 0 amide bonds. The Morgan fingerprint density at radius 1 is 1.12 bits per heavy atom. The number of benzene rings is 1. The molecule has 2 rings (SSSR count). The van der Waals surface area contributed by atoms with E-state index in [1.54, 1.807) is 26.0 Å². The number of allylic oxidation sites excluding steroid dienone is 2. The maximum absolute atomic E-state index is 12.5. The Hall–Kier alpha value is -2.23. The van der Waals surface area contributed by atoms with Gasteiger partial charge >= 0.3 is 5.97 Å². The summed E-state index contributed by atoms with van der Waals surface area (Å²) in [5.41, 5.74) is 1.39. The lowest BCUT2D eigenvalue weighted by Crippen LogP contribution is -2.31. The molecule has 0 N–H and O–H groups in total. The van der Waals surface area contributed by atoms with E-state index in [0.717, 1.165) is 30.4 Å². The quantitative estimate of drug-likeness (QED) is 0.549. The largest absolute Gasteiger partial charge is 0.461 e. The lowest BCUT2D eigenvalue weighted by molar-refractivity contribution is -0.145. The van der Waals surface area contributed by atoms with Crippen molar-refractivity contribution < 1.29 is 19.1 Å². The van der Waals surface area contributed by atoms with Crippen molar-refractivity contribution in [2.45, 2.75) is 59.5 Å². The molecule has 0 radical (unpaired) electrons. The van der Waals surface area contributed by atoms with Crippen LogP contribution >= 0.6 is 0 Å². The van der Waals surface area contributed by atoms with Crippen LogP contribution in [0.25, 0.3) is 5.57 Å². The Kier molecular flexibility index (Phi) is 6.29. The molecule has 0 saturated heterocycles. The molecule has 134 valence electrons. The first kappa shape index (κ1) is 19.1. The highest BCUT2D eigenvalue weighted by Gasteiger charge is 2.36. The third kappa shape index (κ3) is 5.12. The van der Waals surface area contributed by atoms with Gasteiger partial charge in [0.2, 0.25) is 0 Å². The van der Waals surface area contributed by atoms with Crippen LogP contribution in [0.4, 0.5) is 0 Å². The minimum absolute atomic E-state index is 0.0119. The summed E-state index contributed by atoms with van der Waals surface area (Å²) in [4.78, 5) is 36.0. The van der Waals surface area contributed by atoms with Gasteiger partial charge < -0.3 is 4.74 Å². The fourth-order valence-electron chi connectivity index (χ4n) is 2.91. The number of carbonyl (C=O) groups is 3. The maximum atomic E-state index is 12.5. The number of rotatable bonds is 7. The van der Waals surface area contributed by atoms with Crippen molar-refractivity contribution in [2.24, 2.45) is 5.41 Å². The molecule has 0 spiro atoms. The number of ether oxygens (including phenoxy) is 1. The summed E-state index contributed by atoms with van der Waals surface area (Å²) in [6.45, 7) is 5.91. The number of ketones is 2. The first-order valence-electron chi connectivity index (χ1n) is 8.88. The van der Waals surface area contributed by atoms with E-state index in [0.29, 0.717) is 12.0 Å². The van der Waals surface area contributed by atoms with Gasteiger partial charge in [0, 0.05) is 23.8 Å². The second-order valence-corrected chi connectivity index (χ2v) is 7.23. The van der Waals surface area contributed by atoms with Gasteiger partial charge in [-0.1, -0.05) is 57.9 Å². The molecule has 1 aliphatic carbocycles. The zero-order valence-electron chi connectivity index (χ0n) is 15.3. The number of hydrogen-bond acceptors (Lipinski definition) is 4. The van der Waals surface area contributed by atoms with Crippen molar-refractivity contribution in [2.75, 3.05) is 0 Å². The molecular formula is C21H26O4. The number of esters is 1. The summed E-state index contributed by atoms with van der Waals surface area (Å²) in [5, 5.41) is 0. The molecule has 0 aliphatic heterocycles. The molecule has 25 heavy (non-hydrogen) atoms. The van der Waals surface area contributed by atoms with Crippen LogP contribution in [0.2, 0.25) is 0 Å². The van der Waals surface area contributed by atoms with Crippen molar-refractivity contribution in [3.05, 3.63) is 41.5 Å². The van der Waals surface area contributed by atoms with E-state index in [1.165, 1.54) is 6.08 Å². The molecule has 0 aromatic heterocycles. The Morgan fingerprint density at radius 3 is 2.44 bits per heavy atom. The van der Waals surface area contributed by atoms with Crippen LogP contribution in [0.1, 0.15) is 64.0 Å². The number of Topliss-reactive ketones (excluding diaryl/α,β-unsaturated/α-hetero) is 1. The summed E-state index contributed by atoms with van der Waals surface area (Å²) in [6, 6.07) is 7.26. The zero-order chi connectivity index (χ0) is 18.4. The molecule has 0 saturated carbocycles. The standard InChI is InChI=1S/C21H26O4/c1-4-5-6-7-19(23)25-14-15-8-10-16(11-9-15)18-12-17(22)13-21(2,3)20(18)24/h8-12H,4-7,13-14H2,1-3H3. The summed E-state index contributed by atoms with van der Waals surface area (Å²) in [6.07, 6.45) is 5.10. The first-order valence-corrected chi connectivity index (χ1v) is 8.88. The minimum atomic E-state index is -0.659.